The molecule has 2 aromatic carbocycles. The maximum absolute atomic E-state index is 11.1. The first-order valence-corrected chi connectivity index (χ1v) is 9.58. The van der Waals surface area contributed by atoms with Gasteiger partial charge >= 0.3 is 0 Å². The van der Waals surface area contributed by atoms with E-state index in [9.17, 15) is 4.79 Å². The molecule has 0 unspecified atom stereocenters. The second kappa shape index (κ2) is 8.37. The molecule has 0 aliphatic carbocycles. The number of amides is 1. The zero-order chi connectivity index (χ0) is 19.3. The largest absolute Gasteiger partial charge is 0.294 e. The molecule has 0 spiro atoms. The summed E-state index contributed by atoms with van der Waals surface area (Å²) in [6.07, 6.45) is 7.32. The van der Waals surface area contributed by atoms with Crippen molar-refractivity contribution in [1.82, 2.24) is 20.2 Å². The van der Waals surface area contributed by atoms with Crippen LogP contribution in [-0.2, 0) is 17.9 Å². The zero-order valence-electron chi connectivity index (χ0n) is 15.7. The number of fused-ring (bicyclic) bond motifs is 1. The lowest BCUT2D eigenvalue weighted by molar-refractivity contribution is -0.124. The van der Waals surface area contributed by atoms with Crippen molar-refractivity contribution < 1.29 is 10.0 Å². The summed E-state index contributed by atoms with van der Waals surface area (Å²) in [5, 5.41) is 14.3. The number of hydrogen-bond donors (Lipinski definition) is 2. The molecule has 6 nitrogen and oxygen atoms in total. The molecule has 1 aromatic heterocycles. The highest BCUT2D eigenvalue weighted by Crippen LogP contribution is 2.23. The van der Waals surface area contributed by atoms with Gasteiger partial charge in [-0.05, 0) is 42.7 Å². The monoisotopic (exact) mass is 376 g/mol. The van der Waals surface area contributed by atoms with Gasteiger partial charge < -0.3 is 0 Å². The van der Waals surface area contributed by atoms with Crippen molar-refractivity contribution in [1.29, 1.82) is 0 Å². The Morgan fingerprint density at radius 1 is 1.21 bits per heavy atom. The minimum absolute atomic E-state index is 0.483. The predicted octanol–water partition coefficient (Wildman–Crippen LogP) is 3.22. The van der Waals surface area contributed by atoms with Crippen LogP contribution in [0.15, 0.2) is 60.8 Å². The molecule has 1 aliphatic heterocycles. The average molecular weight is 376 g/mol. The molecule has 1 saturated heterocycles. The van der Waals surface area contributed by atoms with Crippen molar-refractivity contribution in [2.45, 2.75) is 32.0 Å². The van der Waals surface area contributed by atoms with Crippen LogP contribution in [0.3, 0.4) is 0 Å². The minimum Gasteiger partial charge on any atom is -0.294 e. The van der Waals surface area contributed by atoms with Crippen molar-refractivity contribution in [2.24, 2.45) is 0 Å². The SMILES string of the molecule is O=C(/C=C/c1ccc(CN2CCC[C@@H]2Cn2ncc3ccccc32)cc1)NO. The molecular weight excluding hydrogens is 352 g/mol. The normalized spacial score (nSPS) is 17.5. The molecule has 1 amide bonds. The van der Waals surface area contributed by atoms with Crippen LogP contribution in [0.2, 0.25) is 0 Å². The summed E-state index contributed by atoms with van der Waals surface area (Å²) in [5.74, 6) is -0.532. The van der Waals surface area contributed by atoms with Gasteiger partial charge in [0.2, 0.25) is 0 Å². The Morgan fingerprint density at radius 3 is 2.86 bits per heavy atom. The fourth-order valence-corrected chi connectivity index (χ4v) is 3.86. The first kappa shape index (κ1) is 18.4. The van der Waals surface area contributed by atoms with E-state index in [0.717, 1.165) is 25.2 Å². The Labute approximate surface area is 164 Å². The maximum Gasteiger partial charge on any atom is 0.267 e. The number of nitrogens with one attached hydrogen (secondary N) is 1. The van der Waals surface area contributed by atoms with E-state index >= 15 is 0 Å². The van der Waals surface area contributed by atoms with Gasteiger partial charge in [-0.3, -0.25) is 19.6 Å². The third-order valence-corrected chi connectivity index (χ3v) is 5.34. The van der Waals surface area contributed by atoms with E-state index in [4.69, 9.17) is 5.21 Å². The molecule has 28 heavy (non-hydrogen) atoms. The molecule has 1 fully saturated rings. The molecule has 0 saturated carbocycles. The number of likely N-dealkylation sites (tertiary alicyclic amines) is 1. The van der Waals surface area contributed by atoms with E-state index < -0.39 is 5.91 Å². The van der Waals surface area contributed by atoms with Crippen molar-refractivity contribution >= 4 is 22.9 Å². The summed E-state index contributed by atoms with van der Waals surface area (Å²) in [6.45, 7) is 2.91. The molecule has 4 rings (SSSR count). The van der Waals surface area contributed by atoms with Crippen LogP contribution in [0, 0.1) is 0 Å². The van der Waals surface area contributed by atoms with Crippen molar-refractivity contribution in [2.75, 3.05) is 6.54 Å². The standard InChI is InChI=1S/C22H24N4O2/c27-22(24-28)12-11-17-7-9-18(10-8-17)15-25-13-3-5-20(25)16-26-21-6-2-1-4-19(21)14-23-26/h1-2,4,6-12,14,20,28H,3,5,13,15-16H2,(H,24,27)/b12-11+/t20-/m1/s1. The first-order chi connectivity index (χ1) is 13.7. The molecule has 3 aromatic rings. The lowest BCUT2D eigenvalue weighted by atomic mass is 10.1. The van der Waals surface area contributed by atoms with E-state index in [1.54, 1.807) is 11.6 Å². The molecule has 144 valence electrons. The van der Waals surface area contributed by atoms with Crippen LogP contribution in [0.5, 0.6) is 0 Å². The molecule has 2 N–H and O–H groups in total. The lowest BCUT2D eigenvalue weighted by Crippen LogP contribution is -2.32. The van der Waals surface area contributed by atoms with Gasteiger partial charge in [-0.1, -0.05) is 42.5 Å². The molecule has 0 bridgehead atoms. The summed E-state index contributed by atoms with van der Waals surface area (Å²) in [5.41, 5.74) is 4.96. The van der Waals surface area contributed by atoms with Crippen LogP contribution in [0.25, 0.3) is 17.0 Å². The van der Waals surface area contributed by atoms with E-state index in [2.05, 4.69) is 45.0 Å². The molecule has 6 heteroatoms. The van der Waals surface area contributed by atoms with Crippen molar-refractivity contribution in [3.63, 3.8) is 0 Å². The summed E-state index contributed by atoms with van der Waals surface area (Å²) in [6, 6.07) is 17.0. The van der Waals surface area contributed by atoms with E-state index in [-0.39, 0.29) is 0 Å². The number of aromatic nitrogens is 2. The zero-order valence-corrected chi connectivity index (χ0v) is 15.7. The van der Waals surface area contributed by atoms with Gasteiger partial charge in [0.25, 0.3) is 5.91 Å². The van der Waals surface area contributed by atoms with Gasteiger partial charge in [0, 0.05) is 24.0 Å². The Balaban J connectivity index is 1.41. The summed E-state index contributed by atoms with van der Waals surface area (Å²) in [4.78, 5) is 13.6. The number of carbonyl (C=O) groups is 1. The topological polar surface area (TPSA) is 70.4 Å². The number of hydroxylamine groups is 1. The summed E-state index contributed by atoms with van der Waals surface area (Å²) < 4.78 is 2.12. The molecule has 2 heterocycles. The lowest BCUT2D eigenvalue weighted by Gasteiger charge is -2.25. The van der Waals surface area contributed by atoms with Crippen molar-refractivity contribution in [3.8, 4) is 0 Å². The van der Waals surface area contributed by atoms with Gasteiger partial charge in [0.05, 0.1) is 18.3 Å². The number of benzene rings is 2. The van der Waals surface area contributed by atoms with Crippen LogP contribution in [0.4, 0.5) is 0 Å². The second-order valence-corrected chi connectivity index (χ2v) is 7.20. The van der Waals surface area contributed by atoms with Gasteiger partial charge in [0.1, 0.15) is 0 Å². The molecule has 1 aliphatic rings. The Hall–Kier alpha value is -2.96. The van der Waals surface area contributed by atoms with Crippen LogP contribution < -0.4 is 5.48 Å². The van der Waals surface area contributed by atoms with Crippen LogP contribution in [0.1, 0.15) is 24.0 Å². The number of carbonyl (C=O) groups excluding carboxylic acids is 1. The predicted molar refractivity (Wildman–Crippen MR) is 109 cm³/mol. The Morgan fingerprint density at radius 2 is 2.04 bits per heavy atom. The number of nitrogens with zero attached hydrogens (tertiary/aromatic N) is 3. The molecular formula is C22H24N4O2. The average Bonchev–Trinajstić information content (AvgIpc) is 3.35. The highest BCUT2D eigenvalue weighted by Gasteiger charge is 2.25. The van der Waals surface area contributed by atoms with E-state index in [1.165, 1.54) is 35.4 Å². The Kier molecular flexibility index (Phi) is 5.50. The highest BCUT2D eigenvalue weighted by atomic mass is 16.5. The summed E-state index contributed by atoms with van der Waals surface area (Å²) in [7, 11) is 0. The quantitative estimate of drug-likeness (QED) is 0.394. The summed E-state index contributed by atoms with van der Waals surface area (Å²) >= 11 is 0. The van der Waals surface area contributed by atoms with Gasteiger partial charge in [-0.15, -0.1) is 0 Å². The van der Waals surface area contributed by atoms with Crippen LogP contribution >= 0.6 is 0 Å². The minimum atomic E-state index is -0.532. The molecule has 0 radical (unpaired) electrons. The number of rotatable bonds is 6. The molecule has 1 atom stereocenters. The van der Waals surface area contributed by atoms with Gasteiger partial charge in [-0.2, -0.15) is 5.10 Å². The van der Waals surface area contributed by atoms with Gasteiger partial charge in [0.15, 0.2) is 0 Å². The van der Waals surface area contributed by atoms with E-state index in [1.807, 2.05) is 24.4 Å². The second-order valence-electron chi connectivity index (χ2n) is 7.20. The van der Waals surface area contributed by atoms with Gasteiger partial charge in [-0.25, -0.2) is 5.48 Å². The number of para-hydroxylation sites is 1. The van der Waals surface area contributed by atoms with Crippen LogP contribution in [-0.4, -0.2) is 38.4 Å². The smallest absolute Gasteiger partial charge is 0.267 e. The Bertz CT molecular complexity index is 978. The fraction of sp³-hybridized carbons (Fsp3) is 0.273. The third-order valence-electron chi connectivity index (χ3n) is 5.34. The number of hydrogen-bond acceptors (Lipinski definition) is 4. The fourth-order valence-electron chi connectivity index (χ4n) is 3.86. The van der Waals surface area contributed by atoms with E-state index in [0.29, 0.717) is 6.04 Å². The van der Waals surface area contributed by atoms with Crippen molar-refractivity contribution in [3.05, 3.63) is 71.9 Å². The third kappa shape index (κ3) is 4.13. The maximum atomic E-state index is 11.1. The first-order valence-electron chi connectivity index (χ1n) is 9.58. The highest BCUT2D eigenvalue weighted by molar-refractivity contribution is 5.90.